The number of benzene rings is 2. The van der Waals surface area contributed by atoms with Crippen molar-refractivity contribution in [2.24, 2.45) is 0 Å². The van der Waals surface area contributed by atoms with Crippen molar-refractivity contribution in [3.05, 3.63) is 68.7 Å². The van der Waals surface area contributed by atoms with Crippen LogP contribution in [0.5, 0.6) is 0 Å². The molecule has 0 aliphatic heterocycles. The zero-order valence-corrected chi connectivity index (χ0v) is 14.6. The Morgan fingerprint density at radius 2 is 1.88 bits per heavy atom. The second-order valence-electron chi connectivity index (χ2n) is 4.53. The first-order valence-electron chi connectivity index (χ1n) is 6.68. The van der Waals surface area contributed by atoms with Crippen molar-refractivity contribution >= 4 is 45.2 Å². The highest BCUT2D eigenvalue weighted by Gasteiger charge is 2.12. The molecule has 0 bridgehead atoms. The predicted molar refractivity (Wildman–Crippen MR) is 93.6 cm³/mol. The summed E-state index contributed by atoms with van der Waals surface area (Å²) in [5.41, 5.74) is 4.39. The maximum Gasteiger partial charge on any atom is 0.270 e. The molecule has 0 aromatic heterocycles. The standard InChI is InChI=1S/C15H12BrN3O4S/c16-12-6-1-2-7-13(12)24-9-14(20)17-18-15(21)10-4-3-5-11(8-10)19(22)23/h1-8H,9H2,(H,17,20)(H,18,21). The lowest BCUT2D eigenvalue weighted by atomic mass is 10.2. The summed E-state index contributed by atoms with van der Waals surface area (Å²) in [5, 5.41) is 10.7. The van der Waals surface area contributed by atoms with Gasteiger partial charge in [0.05, 0.1) is 10.7 Å². The van der Waals surface area contributed by atoms with Crippen LogP contribution in [0.3, 0.4) is 0 Å². The van der Waals surface area contributed by atoms with E-state index in [4.69, 9.17) is 0 Å². The summed E-state index contributed by atoms with van der Waals surface area (Å²) < 4.78 is 0.878. The molecule has 2 rings (SSSR count). The molecule has 0 aliphatic rings. The number of hydrazine groups is 1. The van der Waals surface area contributed by atoms with Crippen molar-refractivity contribution in [3.8, 4) is 0 Å². The number of hydrogen-bond acceptors (Lipinski definition) is 5. The summed E-state index contributed by atoms with van der Waals surface area (Å²) in [5.74, 6) is -0.912. The number of rotatable bonds is 5. The molecule has 7 nitrogen and oxygen atoms in total. The molecule has 9 heteroatoms. The smallest absolute Gasteiger partial charge is 0.270 e. The van der Waals surface area contributed by atoms with Crippen molar-refractivity contribution in [1.29, 1.82) is 0 Å². The Bertz CT molecular complexity index is 785. The van der Waals surface area contributed by atoms with Crippen LogP contribution in [0.1, 0.15) is 10.4 Å². The first kappa shape index (κ1) is 18.0. The molecule has 2 aromatic carbocycles. The molecular formula is C15H12BrN3O4S. The van der Waals surface area contributed by atoms with Gasteiger partial charge < -0.3 is 0 Å². The summed E-state index contributed by atoms with van der Waals surface area (Å²) in [6.07, 6.45) is 0. The van der Waals surface area contributed by atoms with E-state index in [1.165, 1.54) is 30.0 Å². The number of hydrogen-bond donors (Lipinski definition) is 2. The van der Waals surface area contributed by atoms with E-state index in [0.717, 1.165) is 15.4 Å². The zero-order chi connectivity index (χ0) is 17.5. The second-order valence-corrected chi connectivity index (χ2v) is 6.40. The van der Waals surface area contributed by atoms with Crippen LogP contribution in [-0.4, -0.2) is 22.5 Å². The van der Waals surface area contributed by atoms with E-state index in [1.807, 2.05) is 24.3 Å². The molecule has 24 heavy (non-hydrogen) atoms. The fourth-order valence-electron chi connectivity index (χ4n) is 1.70. The van der Waals surface area contributed by atoms with Gasteiger partial charge in [0.2, 0.25) is 5.91 Å². The van der Waals surface area contributed by atoms with Crippen molar-refractivity contribution in [1.82, 2.24) is 10.9 Å². The van der Waals surface area contributed by atoms with Crippen molar-refractivity contribution in [2.75, 3.05) is 5.75 Å². The van der Waals surface area contributed by atoms with Gasteiger partial charge in [-0.3, -0.25) is 30.6 Å². The van der Waals surface area contributed by atoms with Crippen LogP contribution in [0, 0.1) is 10.1 Å². The van der Waals surface area contributed by atoms with Gasteiger partial charge in [-0.1, -0.05) is 18.2 Å². The molecule has 0 unspecified atom stereocenters. The molecule has 0 radical (unpaired) electrons. The van der Waals surface area contributed by atoms with Gasteiger partial charge in [-0.25, -0.2) is 0 Å². The van der Waals surface area contributed by atoms with Gasteiger partial charge in [0, 0.05) is 27.1 Å². The normalized spacial score (nSPS) is 10.0. The quantitative estimate of drug-likeness (QED) is 0.449. The van der Waals surface area contributed by atoms with Crippen LogP contribution in [0.4, 0.5) is 5.69 Å². The average molecular weight is 410 g/mol. The summed E-state index contributed by atoms with van der Waals surface area (Å²) >= 11 is 4.69. The summed E-state index contributed by atoms with van der Waals surface area (Å²) in [4.78, 5) is 34.7. The van der Waals surface area contributed by atoms with Gasteiger partial charge in [-0.2, -0.15) is 0 Å². The third kappa shape index (κ3) is 5.07. The van der Waals surface area contributed by atoms with E-state index in [9.17, 15) is 19.7 Å². The van der Waals surface area contributed by atoms with E-state index < -0.39 is 16.7 Å². The Hall–Kier alpha value is -2.39. The van der Waals surface area contributed by atoms with Gasteiger partial charge in [0.1, 0.15) is 0 Å². The highest BCUT2D eigenvalue weighted by Crippen LogP contribution is 2.26. The van der Waals surface area contributed by atoms with Crippen LogP contribution in [0.15, 0.2) is 57.9 Å². The minimum Gasteiger partial charge on any atom is -0.272 e. The largest absolute Gasteiger partial charge is 0.272 e. The first-order valence-corrected chi connectivity index (χ1v) is 8.46. The molecular weight excluding hydrogens is 398 g/mol. The van der Waals surface area contributed by atoms with E-state index in [1.54, 1.807) is 0 Å². The van der Waals surface area contributed by atoms with Crippen LogP contribution in [-0.2, 0) is 4.79 Å². The minimum absolute atomic E-state index is 0.0861. The van der Waals surface area contributed by atoms with Gasteiger partial charge in [0.15, 0.2) is 0 Å². The van der Waals surface area contributed by atoms with Gasteiger partial charge in [0.25, 0.3) is 11.6 Å². The minimum atomic E-state index is -0.627. The molecule has 0 saturated carbocycles. The number of non-ortho nitro benzene ring substituents is 1. The SMILES string of the molecule is O=C(CSc1ccccc1Br)NNC(=O)c1cccc([N+](=O)[O-])c1. The molecule has 2 N–H and O–H groups in total. The zero-order valence-electron chi connectivity index (χ0n) is 12.2. The monoisotopic (exact) mass is 409 g/mol. The summed E-state index contributed by atoms with van der Waals surface area (Å²) in [7, 11) is 0. The molecule has 0 fully saturated rings. The molecule has 2 aromatic rings. The van der Waals surface area contributed by atoms with E-state index in [2.05, 4.69) is 26.8 Å². The number of amides is 2. The average Bonchev–Trinajstić information content (AvgIpc) is 2.59. The van der Waals surface area contributed by atoms with E-state index in [0.29, 0.717) is 0 Å². The fourth-order valence-corrected chi connectivity index (χ4v) is 3.07. The number of nitrogens with one attached hydrogen (secondary N) is 2. The maximum absolute atomic E-state index is 11.9. The number of thioether (sulfide) groups is 1. The number of carbonyl (C=O) groups is 2. The Morgan fingerprint density at radius 1 is 1.12 bits per heavy atom. The molecule has 0 spiro atoms. The maximum atomic E-state index is 11.9. The third-order valence-corrected chi connectivity index (χ3v) is 4.86. The third-order valence-electron chi connectivity index (χ3n) is 2.83. The Labute approximate surface area is 150 Å². The van der Waals surface area contributed by atoms with Crippen molar-refractivity contribution < 1.29 is 14.5 Å². The molecule has 0 aliphatic carbocycles. The van der Waals surface area contributed by atoms with Gasteiger partial charge in [-0.15, -0.1) is 11.8 Å². The predicted octanol–water partition coefficient (Wildman–Crippen LogP) is 2.91. The van der Waals surface area contributed by atoms with Crippen molar-refractivity contribution in [2.45, 2.75) is 4.90 Å². The molecule has 2 amide bonds. The Kier molecular flexibility index (Phi) is 6.33. The topological polar surface area (TPSA) is 101 Å². The fraction of sp³-hybridized carbons (Fsp3) is 0.0667. The van der Waals surface area contributed by atoms with Gasteiger partial charge >= 0.3 is 0 Å². The highest BCUT2D eigenvalue weighted by atomic mass is 79.9. The molecule has 0 heterocycles. The van der Waals surface area contributed by atoms with Crippen LogP contribution in [0.25, 0.3) is 0 Å². The van der Waals surface area contributed by atoms with Crippen LogP contribution < -0.4 is 10.9 Å². The van der Waals surface area contributed by atoms with Crippen molar-refractivity contribution in [3.63, 3.8) is 0 Å². The van der Waals surface area contributed by atoms with Crippen LogP contribution in [0.2, 0.25) is 0 Å². The summed E-state index contributed by atoms with van der Waals surface area (Å²) in [6.45, 7) is 0. The van der Waals surface area contributed by atoms with E-state index in [-0.39, 0.29) is 17.0 Å². The van der Waals surface area contributed by atoms with Gasteiger partial charge in [-0.05, 0) is 34.1 Å². The number of halogens is 1. The lowest BCUT2D eigenvalue weighted by molar-refractivity contribution is -0.384. The highest BCUT2D eigenvalue weighted by molar-refractivity contribution is 9.10. The Morgan fingerprint density at radius 3 is 2.58 bits per heavy atom. The first-order chi connectivity index (χ1) is 11.5. The lowest BCUT2D eigenvalue weighted by Gasteiger charge is -2.08. The van der Waals surface area contributed by atoms with Crippen LogP contribution >= 0.6 is 27.7 Å². The number of nitrogens with zero attached hydrogens (tertiary/aromatic N) is 1. The molecule has 0 atom stereocenters. The number of nitro groups is 1. The number of nitro benzene ring substituents is 1. The second kappa shape index (κ2) is 8.46. The number of carbonyl (C=O) groups excluding carboxylic acids is 2. The lowest BCUT2D eigenvalue weighted by Crippen LogP contribution is -2.42. The molecule has 124 valence electrons. The summed E-state index contributed by atoms with van der Waals surface area (Å²) in [6, 6.07) is 12.7. The van der Waals surface area contributed by atoms with E-state index >= 15 is 0 Å². The Balaban J connectivity index is 1.85. The molecule has 0 saturated heterocycles.